The number of Topliss-reactive ketones (excluding diaryl/α,β-unsaturated/α-hetero) is 1. The van der Waals surface area contributed by atoms with Gasteiger partial charge in [0.2, 0.25) is 0 Å². The van der Waals surface area contributed by atoms with Crippen LogP contribution >= 0.6 is 0 Å². The molecular weight excluding hydrogens is 308 g/mol. The number of rotatable bonds is 2. The summed E-state index contributed by atoms with van der Waals surface area (Å²) in [5, 5.41) is 11.5. The number of carbonyl (C=O) groups is 1. The van der Waals surface area contributed by atoms with E-state index in [1.165, 1.54) is 6.07 Å². The highest BCUT2D eigenvalue weighted by Crippen LogP contribution is 2.45. The lowest BCUT2D eigenvalue weighted by Crippen LogP contribution is -2.51. The first-order valence-corrected chi connectivity index (χ1v) is 7.87. The predicted molar refractivity (Wildman–Crippen MR) is 90.4 cm³/mol. The highest BCUT2D eigenvalue weighted by molar-refractivity contribution is 6.03. The third kappa shape index (κ3) is 2.45. The van der Waals surface area contributed by atoms with E-state index in [-0.39, 0.29) is 11.4 Å². The smallest absolute Gasteiger partial charge is 0.336 e. The Hall–Kier alpha value is -2.40. The van der Waals surface area contributed by atoms with E-state index < -0.39 is 23.2 Å². The van der Waals surface area contributed by atoms with E-state index in [9.17, 15) is 14.7 Å². The lowest BCUT2D eigenvalue weighted by atomic mass is 9.77. The predicted octanol–water partition coefficient (Wildman–Crippen LogP) is 2.94. The summed E-state index contributed by atoms with van der Waals surface area (Å²) in [6.07, 6.45) is 0.641. The van der Waals surface area contributed by atoms with Crippen LogP contribution in [0, 0.1) is 0 Å². The lowest BCUT2D eigenvalue weighted by Gasteiger charge is -2.41. The molecule has 0 aliphatic carbocycles. The Morgan fingerprint density at radius 2 is 1.92 bits per heavy atom. The van der Waals surface area contributed by atoms with Gasteiger partial charge in [0, 0.05) is 11.5 Å². The van der Waals surface area contributed by atoms with Gasteiger partial charge in [0.15, 0.2) is 5.78 Å². The fourth-order valence-electron chi connectivity index (χ4n) is 3.08. The van der Waals surface area contributed by atoms with Crippen molar-refractivity contribution in [3.63, 3.8) is 0 Å². The van der Waals surface area contributed by atoms with Crippen LogP contribution in [0.3, 0.4) is 0 Å². The summed E-state index contributed by atoms with van der Waals surface area (Å²) in [6, 6.07) is 6.48. The van der Waals surface area contributed by atoms with Gasteiger partial charge in [-0.25, -0.2) is 4.79 Å². The largest absolute Gasteiger partial charge is 0.485 e. The van der Waals surface area contributed by atoms with Crippen molar-refractivity contribution < 1.29 is 19.1 Å². The normalized spacial score (nSPS) is 22.8. The van der Waals surface area contributed by atoms with Crippen molar-refractivity contribution in [3.05, 3.63) is 51.9 Å². The SMILES string of the molecule is C/C=C(\C)C(=O)[C@H]1c2c(ccc3ccc(=O)oc23)OC(C)(C)[C@H]1O. The zero-order valence-electron chi connectivity index (χ0n) is 14.1. The fourth-order valence-corrected chi connectivity index (χ4v) is 3.08. The van der Waals surface area contributed by atoms with Gasteiger partial charge in [-0.15, -0.1) is 0 Å². The molecule has 0 amide bonds. The third-order valence-electron chi connectivity index (χ3n) is 4.60. The van der Waals surface area contributed by atoms with E-state index >= 15 is 0 Å². The van der Waals surface area contributed by atoms with Crippen LogP contribution in [0.25, 0.3) is 11.0 Å². The maximum atomic E-state index is 12.9. The Balaban J connectivity index is 2.35. The van der Waals surface area contributed by atoms with Crippen LogP contribution in [0.2, 0.25) is 0 Å². The number of hydrogen-bond donors (Lipinski definition) is 1. The van der Waals surface area contributed by atoms with Gasteiger partial charge in [-0.2, -0.15) is 0 Å². The second-order valence-corrected chi connectivity index (χ2v) is 6.61. The molecule has 0 unspecified atom stereocenters. The van der Waals surface area contributed by atoms with E-state index in [2.05, 4.69) is 0 Å². The molecule has 0 fully saturated rings. The number of fused-ring (bicyclic) bond motifs is 3. The molecule has 0 radical (unpaired) electrons. The number of aliphatic hydroxyl groups is 1. The van der Waals surface area contributed by atoms with Crippen LogP contribution in [0.1, 0.15) is 39.2 Å². The molecule has 0 saturated carbocycles. The molecule has 1 N–H and O–H groups in total. The Kier molecular flexibility index (Phi) is 3.84. The topological polar surface area (TPSA) is 76.7 Å². The standard InChI is InChI=1S/C19H20O5/c1-5-10(2)16(21)15-14-12(24-19(3,4)18(15)22)8-6-11-7-9-13(20)23-17(11)14/h5-9,15,18,22H,1-4H3/b10-5+/t15-,18+/m1/s1. The third-order valence-corrected chi connectivity index (χ3v) is 4.60. The first-order chi connectivity index (χ1) is 11.3. The van der Waals surface area contributed by atoms with Gasteiger partial charge in [-0.05, 0) is 51.5 Å². The average molecular weight is 328 g/mol. The van der Waals surface area contributed by atoms with E-state index in [1.807, 2.05) is 0 Å². The molecule has 24 heavy (non-hydrogen) atoms. The molecule has 1 aromatic carbocycles. The number of carbonyl (C=O) groups excluding carboxylic acids is 1. The molecule has 0 bridgehead atoms. The summed E-state index contributed by atoms with van der Waals surface area (Å²) in [6.45, 7) is 6.95. The number of aliphatic hydroxyl groups excluding tert-OH is 1. The summed E-state index contributed by atoms with van der Waals surface area (Å²) in [5.41, 5.74) is -0.188. The molecule has 5 nitrogen and oxygen atoms in total. The van der Waals surface area contributed by atoms with Gasteiger partial charge in [0.1, 0.15) is 23.0 Å². The summed E-state index contributed by atoms with van der Waals surface area (Å²) in [5.74, 6) is -0.606. The molecule has 1 aliphatic rings. The molecule has 1 aliphatic heterocycles. The van der Waals surface area contributed by atoms with Gasteiger partial charge in [0.25, 0.3) is 0 Å². The minimum absolute atomic E-state index is 0.207. The van der Waals surface area contributed by atoms with Gasteiger partial charge in [-0.3, -0.25) is 4.79 Å². The number of allylic oxidation sites excluding steroid dienone is 2. The van der Waals surface area contributed by atoms with Crippen molar-refractivity contribution in [1.29, 1.82) is 0 Å². The zero-order valence-corrected chi connectivity index (χ0v) is 14.1. The van der Waals surface area contributed by atoms with Crippen LogP contribution in [0.15, 0.2) is 45.1 Å². The Bertz CT molecular complexity index is 904. The van der Waals surface area contributed by atoms with E-state index in [4.69, 9.17) is 9.15 Å². The average Bonchev–Trinajstić information content (AvgIpc) is 2.54. The second kappa shape index (κ2) is 5.60. The Morgan fingerprint density at radius 3 is 2.58 bits per heavy atom. The molecule has 5 heteroatoms. The molecule has 2 heterocycles. The highest BCUT2D eigenvalue weighted by atomic mass is 16.5. The maximum absolute atomic E-state index is 12.9. The van der Waals surface area contributed by atoms with Gasteiger partial charge in [-0.1, -0.05) is 6.08 Å². The maximum Gasteiger partial charge on any atom is 0.336 e. The quantitative estimate of drug-likeness (QED) is 0.677. The Morgan fingerprint density at radius 1 is 1.25 bits per heavy atom. The van der Waals surface area contributed by atoms with Crippen molar-refractivity contribution in [1.82, 2.24) is 0 Å². The number of ether oxygens (including phenoxy) is 1. The molecule has 1 aromatic heterocycles. The second-order valence-electron chi connectivity index (χ2n) is 6.61. The minimum Gasteiger partial charge on any atom is -0.485 e. The van der Waals surface area contributed by atoms with Crippen LogP contribution in [-0.4, -0.2) is 22.6 Å². The molecule has 0 spiro atoms. The van der Waals surface area contributed by atoms with Crippen molar-refractivity contribution in [2.45, 2.75) is 45.3 Å². The molecule has 2 atom stereocenters. The van der Waals surface area contributed by atoms with Crippen LogP contribution in [0.5, 0.6) is 5.75 Å². The summed E-state index contributed by atoms with van der Waals surface area (Å²) >= 11 is 0. The Labute approximate surface area is 139 Å². The monoisotopic (exact) mass is 328 g/mol. The molecular formula is C19H20O5. The van der Waals surface area contributed by atoms with Crippen LogP contribution in [-0.2, 0) is 4.79 Å². The van der Waals surface area contributed by atoms with E-state index in [0.29, 0.717) is 22.3 Å². The first-order valence-electron chi connectivity index (χ1n) is 7.87. The minimum atomic E-state index is -1.07. The highest BCUT2D eigenvalue weighted by Gasteiger charge is 2.47. The summed E-state index contributed by atoms with van der Waals surface area (Å²) in [4.78, 5) is 24.6. The van der Waals surface area contributed by atoms with Gasteiger partial charge >= 0.3 is 5.63 Å². The molecule has 0 saturated heterocycles. The van der Waals surface area contributed by atoms with Crippen molar-refractivity contribution >= 4 is 16.8 Å². The number of ketones is 1. The first kappa shape index (κ1) is 16.5. The van der Waals surface area contributed by atoms with E-state index in [1.54, 1.807) is 52.0 Å². The van der Waals surface area contributed by atoms with Crippen molar-refractivity contribution in [2.75, 3.05) is 0 Å². The lowest BCUT2D eigenvalue weighted by molar-refractivity contribution is -0.126. The number of benzene rings is 1. The van der Waals surface area contributed by atoms with Gasteiger partial charge in [0.05, 0.1) is 11.5 Å². The zero-order chi connectivity index (χ0) is 17.6. The van der Waals surface area contributed by atoms with Crippen molar-refractivity contribution in [2.24, 2.45) is 0 Å². The molecule has 2 aromatic rings. The van der Waals surface area contributed by atoms with Gasteiger partial charge < -0.3 is 14.3 Å². The summed E-state index contributed by atoms with van der Waals surface area (Å²) in [7, 11) is 0. The summed E-state index contributed by atoms with van der Waals surface area (Å²) < 4.78 is 11.2. The molecule has 3 rings (SSSR count). The van der Waals surface area contributed by atoms with Crippen molar-refractivity contribution in [3.8, 4) is 5.75 Å². The van der Waals surface area contributed by atoms with E-state index in [0.717, 1.165) is 0 Å². The molecule has 126 valence electrons. The van der Waals surface area contributed by atoms with Crippen LogP contribution < -0.4 is 10.4 Å². The fraction of sp³-hybridized carbons (Fsp3) is 0.368. The van der Waals surface area contributed by atoms with Crippen LogP contribution in [0.4, 0.5) is 0 Å². The number of hydrogen-bond acceptors (Lipinski definition) is 5.